The van der Waals surface area contributed by atoms with Crippen LogP contribution in [0.2, 0.25) is 0 Å². The lowest BCUT2D eigenvalue weighted by Gasteiger charge is -2.22. The first kappa shape index (κ1) is 29.0. The number of hydrogen-bond donors (Lipinski definition) is 0. The van der Waals surface area contributed by atoms with Crippen molar-refractivity contribution >= 4 is 76.2 Å². The van der Waals surface area contributed by atoms with Gasteiger partial charge in [-0.3, -0.25) is 0 Å². The summed E-state index contributed by atoms with van der Waals surface area (Å²) in [5.41, 5.74) is 14.0. The molecule has 0 saturated heterocycles. The normalized spacial score (nSPS) is 13.6. The average molecular weight is 677 g/mol. The quantitative estimate of drug-likeness (QED) is 0.170. The number of para-hydroxylation sites is 1. The van der Waals surface area contributed by atoms with Crippen LogP contribution in [0.5, 0.6) is 0 Å². The number of benzene rings is 9. The fraction of sp³-hybridized carbons (Fsp3) is 0.0588. The first-order chi connectivity index (χ1) is 26.0. The second-order valence-electron chi connectivity index (χ2n) is 15.2. The van der Waals surface area contributed by atoms with Crippen molar-refractivity contribution in [3.63, 3.8) is 0 Å². The van der Waals surface area contributed by atoms with Crippen LogP contribution in [-0.2, 0) is 5.41 Å². The fourth-order valence-electron chi connectivity index (χ4n) is 9.56. The van der Waals surface area contributed by atoms with Gasteiger partial charge in [-0.1, -0.05) is 129 Å². The van der Waals surface area contributed by atoms with Gasteiger partial charge in [-0.2, -0.15) is 0 Å². The van der Waals surface area contributed by atoms with Crippen LogP contribution in [0.1, 0.15) is 25.0 Å². The highest BCUT2D eigenvalue weighted by molar-refractivity contribution is 6.24. The Kier molecular flexibility index (Phi) is 5.60. The molecule has 0 saturated carbocycles. The zero-order chi connectivity index (χ0) is 35.0. The molecule has 2 aromatic heterocycles. The summed E-state index contributed by atoms with van der Waals surface area (Å²) in [7, 11) is 0. The molecule has 53 heavy (non-hydrogen) atoms. The molecule has 0 atom stereocenters. The number of hydrogen-bond acceptors (Lipinski definition) is 2. The molecule has 0 amide bonds. The van der Waals surface area contributed by atoms with Crippen LogP contribution in [0.4, 0.5) is 0 Å². The van der Waals surface area contributed by atoms with Crippen molar-refractivity contribution in [2.45, 2.75) is 19.3 Å². The van der Waals surface area contributed by atoms with Gasteiger partial charge in [-0.15, -0.1) is 0 Å². The summed E-state index contributed by atoms with van der Waals surface area (Å²) in [4.78, 5) is 0. The van der Waals surface area contributed by atoms with Crippen molar-refractivity contribution in [3.8, 4) is 33.4 Å². The summed E-state index contributed by atoms with van der Waals surface area (Å²) in [5, 5.41) is 11.7. The lowest BCUT2D eigenvalue weighted by atomic mass is 9.81. The molecule has 2 nitrogen and oxygen atoms in total. The molecule has 11 aromatic rings. The van der Waals surface area contributed by atoms with Crippen molar-refractivity contribution in [2.75, 3.05) is 0 Å². The van der Waals surface area contributed by atoms with Crippen LogP contribution in [0, 0.1) is 0 Å². The predicted octanol–water partition coefficient (Wildman–Crippen LogP) is 14.6. The average Bonchev–Trinajstić information content (AvgIpc) is 3.83. The van der Waals surface area contributed by atoms with Crippen molar-refractivity contribution in [1.82, 2.24) is 0 Å². The van der Waals surface area contributed by atoms with E-state index in [0.29, 0.717) is 0 Å². The second kappa shape index (κ2) is 10.2. The first-order valence-electron chi connectivity index (χ1n) is 18.4. The SMILES string of the molecule is CC1(C)c2ccccc2-c2cc(-c3c4ccccc4c(-c4ccc5oc6c7cc8c(cc7ccc6c5c4)oc4ccccc48)c4ccccc34)ccc21. The molecule has 0 aliphatic heterocycles. The Morgan fingerprint density at radius 1 is 0.358 bits per heavy atom. The van der Waals surface area contributed by atoms with Crippen molar-refractivity contribution in [1.29, 1.82) is 0 Å². The Balaban J connectivity index is 1.09. The van der Waals surface area contributed by atoms with Gasteiger partial charge in [0.2, 0.25) is 0 Å². The van der Waals surface area contributed by atoms with Crippen molar-refractivity contribution in [3.05, 3.63) is 169 Å². The van der Waals surface area contributed by atoms with Gasteiger partial charge in [0.25, 0.3) is 0 Å². The van der Waals surface area contributed by atoms with E-state index >= 15 is 0 Å². The van der Waals surface area contributed by atoms with Gasteiger partial charge in [0, 0.05) is 32.3 Å². The van der Waals surface area contributed by atoms with E-state index in [0.717, 1.165) is 54.6 Å². The van der Waals surface area contributed by atoms with E-state index in [2.05, 4.69) is 159 Å². The van der Waals surface area contributed by atoms with Gasteiger partial charge in [0.1, 0.15) is 22.3 Å². The van der Waals surface area contributed by atoms with E-state index in [1.165, 1.54) is 66.1 Å². The van der Waals surface area contributed by atoms with E-state index < -0.39 is 0 Å². The Morgan fingerprint density at radius 2 is 0.943 bits per heavy atom. The lowest BCUT2D eigenvalue weighted by molar-refractivity contribution is 0.660. The largest absolute Gasteiger partial charge is 0.456 e. The molecule has 1 aliphatic carbocycles. The molecule has 9 aromatic carbocycles. The Labute approximate surface area is 305 Å². The zero-order valence-electron chi connectivity index (χ0n) is 29.3. The number of rotatable bonds is 2. The molecule has 2 heteroatoms. The van der Waals surface area contributed by atoms with Crippen LogP contribution in [0.25, 0.3) is 110 Å². The standard InChI is InChI=1S/C51H32O2/c1-51(2)43-17-9-7-11-32(43)40-25-30(20-23-44(40)51)48-34-13-3-5-15-36(34)49(37-16-6-4-14-35(37)48)31-21-24-46-41(26-31)38-22-19-29-27-47-42(28-39(29)50(38)53-46)33-12-8-10-18-45(33)52-47/h3-28H,1-2H3. The molecule has 0 unspecified atom stereocenters. The minimum atomic E-state index is -0.0273. The summed E-state index contributed by atoms with van der Waals surface area (Å²) in [5.74, 6) is 0. The minimum absolute atomic E-state index is 0.0273. The molecule has 0 spiro atoms. The molecule has 2 heterocycles. The Hall–Kier alpha value is -6.64. The van der Waals surface area contributed by atoms with Gasteiger partial charge in [-0.25, -0.2) is 0 Å². The van der Waals surface area contributed by atoms with Crippen molar-refractivity contribution in [2.24, 2.45) is 0 Å². The van der Waals surface area contributed by atoms with Gasteiger partial charge < -0.3 is 8.83 Å². The molecule has 0 N–H and O–H groups in total. The van der Waals surface area contributed by atoms with E-state index in [1.807, 2.05) is 12.1 Å². The maximum absolute atomic E-state index is 6.69. The van der Waals surface area contributed by atoms with E-state index in [1.54, 1.807) is 0 Å². The fourth-order valence-corrected chi connectivity index (χ4v) is 9.56. The van der Waals surface area contributed by atoms with Gasteiger partial charge >= 0.3 is 0 Å². The highest BCUT2D eigenvalue weighted by Crippen LogP contribution is 2.51. The van der Waals surface area contributed by atoms with Crippen LogP contribution in [0.3, 0.4) is 0 Å². The van der Waals surface area contributed by atoms with Crippen LogP contribution in [0.15, 0.2) is 167 Å². The molecule has 0 bridgehead atoms. The number of fused-ring (bicyclic) bond motifs is 13. The Bertz CT molecular complexity index is 3310. The number of furan rings is 2. The summed E-state index contributed by atoms with van der Waals surface area (Å²) in [6, 6.07) is 57.6. The molecular formula is C51H32O2. The third kappa shape index (κ3) is 3.87. The van der Waals surface area contributed by atoms with E-state index in [9.17, 15) is 0 Å². The van der Waals surface area contributed by atoms with Crippen LogP contribution in [-0.4, -0.2) is 0 Å². The topological polar surface area (TPSA) is 26.3 Å². The minimum Gasteiger partial charge on any atom is -0.456 e. The maximum atomic E-state index is 6.69. The predicted molar refractivity (Wildman–Crippen MR) is 222 cm³/mol. The molecule has 1 aliphatic rings. The highest BCUT2D eigenvalue weighted by Gasteiger charge is 2.35. The van der Waals surface area contributed by atoms with Crippen LogP contribution < -0.4 is 0 Å². The molecule has 12 rings (SSSR count). The van der Waals surface area contributed by atoms with Crippen LogP contribution >= 0.6 is 0 Å². The van der Waals surface area contributed by atoms with Gasteiger partial charge in [0.05, 0.1) is 0 Å². The molecule has 0 fully saturated rings. The first-order valence-corrected chi connectivity index (χ1v) is 18.4. The summed E-state index contributed by atoms with van der Waals surface area (Å²) in [6.45, 7) is 4.69. The van der Waals surface area contributed by atoms with Gasteiger partial charge in [-0.05, 0) is 114 Å². The monoisotopic (exact) mass is 676 g/mol. The Morgan fingerprint density at radius 3 is 1.70 bits per heavy atom. The lowest BCUT2D eigenvalue weighted by Crippen LogP contribution is -2.14. The molecule has 248 valence electrons. The molecular weight excluding hydrogens is 645 g/mol. The summed E-state index contributed by atoms with van der Waals surface area (Å²) in [6.07, 6.45) is 0. The second-order valence-corrected chi connectivity index (χ2v) is 15.2. The maximum Gasteiger partial charge on any atom is 0.143 e. The zero-order valence-corrected chi connectivity index (χ0v) is 29.3. The third-order valence-corrected chi connectivity index (χ3v) is 12.0. The van der Waals surface area contributed by atoms with E-state index in [4.69, 9.17) is 8.83 Å². The smallest absolute Gasteiger partial charge is 0.143 e. The third-order valence-electron chi connectivity index (χ3n) is 12.0. The van der Waals surface area contributed by atoms with Gasteiger partial charge in [0.15, 0.2) is 0 Å². The summed E-state index contributed by atoms with van der Waals surface area (Å²) < 4.78 is 12.9. The summed E-state index contributed by atoms with van der Waals surface area (Å²) >= 11 is 0. The highest BCUT2D eigenvalue weighted by atomic mass is 16.3. The van der Waals surface area contributed by atoms with E-state index in [-0.39, 0.29) is 5.41 Å². The molecule has 0 radical (unpaired) electrons. The van der Waals surface area contributed by atoms with Crippen molar-refractivity contribution < 1.29 is 8.83 Å².